The Bertz CT molecular complexity index is 1040. The van der Waals surface area contributed by atoms with Gasteiger partial charge in [-0.2, -0.15) is 35.1 Å². The van der Waals surface area contributed by atoms with Crippen LogP contribution < -0.4 is 0 Å². The first-order valence-electron chi connectivity index (χ1n) is 9.84. The molecule has 2 aliphatic rings. The van der Waals surface area contributed by atoms with Crippen LogP contribution in [0.1, 0.15) is 13.8 Å². The van der Waals surface area contributed by atoms with E-state index in [0.29, 0.717) is 0 Å². The molecule has 2 aliphatic carbocycles. The lowest BCUT2D eigenvalue weighted by atomic mass is 9.37. The molecule has 0 aromatic heterocycles. The zero-order chi connectivity index (χ0) is 33.3. The van der Waals surface area contributed by atoms with Gasteiger partial charge in [-0.3, -0.25) is 9.13 Å². The molecule has 2 bridgehead atoms. The molecule has 0 aliphatic heterocycles. The summed E-state index contributed by atoms with van der Waals surface area (Å²) in [5.74, 6) is -40.7. The maximum Gasteiger partial charge on any atom is 0.453 e. The van der Waals surface area contributed by atoms with Gasteiger partial charge in [-0.1, -0.05) is 0 Å². The van der Waals surface area contributed by atoms with Crippen molar-refractivity contribution in [3.05, 3.63) is 0 Å². The summed E-state index contributed by atoms with van der Waals surface area (Å²) in [6, 6.07) is 0. The molecule has 2 saturated carbocycles. The normalized spacial score (nSPS) is 37.9. The molecule has 244 valence electrons. The van der Waals surface area contributed by atoms with Crippen molar-refractivity contribution >= 4 is 0 Å². The molecule has 0 N–H and O–H groups in total. The summed E-state index contributed by atoms with van der Waals surface area (Å²) in [6.07, 6.45) is -30.5. The molecule has 2 rings (SSSR count). The molecule has 2 nitrogen and oxygen atoms in total. The summed E-state index contributed by atoms with van der Waals surface area (Å²) in [6.45, 7) is -12.5. The molecule has 0 aromatic rings. The Hall–Kier alpha value is -1.62. The third-order valence-corrected chi connectivity index (χ3v) is 7.33. The average molecular weight is 664 g/mol. The van der Waals surface area contributed by atoms with E-state index in [1.165, 1.54) is 0 Å². The zero-order valence-electron chi connectivity index (χ0n) is 19.0. The van der Waals surface area contributed by atoms with Gasteiger partial charge in [-0.25, -0.2) is 61.8 Å². The van der Waals surface area contributed by atoms with Crippen LogP contribution in [-0.4, -0.2) is 73.3 Å². The second-order valence-corrected chi connectivity index (χ2v) is 9.23. The minimum absolute atomic E-state index is 1.45. The number of rotatable bonds is 8. The van der Waals surface area contributed by atoms with Gasteiger partial charge in [-0.05, 0) is 13.8 Å². The van der Waals surface area contributed by atoms with E-state index in [-0.39, 0.29) is 0 Å². The van der Waals surface area contributed by atoms with Gasteiger partial charge in [0.25, 0.3) is 29.6 Å². The largest absolute Gasteiger partial charge is 0.453 e. The van der Waals surface area contributed by atoms with Crippen LogP contribution in [0.2, 0.25) is 0 Å². The molecule has 0 heterocycles. The van der Waals surface area contributed by atoms with E-state index < -0.39 is 103 Å². The molecule has 0 aromatic carbocycles. The van der Waals surface area contributed by atoms with Gasteiger partial charge >= 0.3 is 36.8 Å². The van der Waals surface area contributed by atoms with E-state index in [1.54, 1.807) is 9.47 Å². The van der Waals surface area contributed by atoms with Crippen LogP contribution in [-0.2, 0) is 9.47 Å². The van der Waals surface area contributed by atoms with Crippen LogP contribution in [0.3, 0.4) is 0 Å². The number of hydrogen-bond donors (Lipinski definition) is 0. The molecule has 41 heavy (non-hydrogen) atoms. The lowest BCUT2D eigenvalue weighted by Crippen LogP contribution is -2.98. The third-order valence-electron chi connectivity index (χ3n) is 7.33. The van der Waals surface area contributed by atoms with E-state index in [9.17, 15) is 52.7 Å². The molecule has 0 saturated heterocycles. The fourth-order valence-electron chi connectivity index (χ4n) is 5.05. The Morgan fingerprint density at radius 3 is 1.34 bits per heavy atom. The molecule has 4 atom stereocenters. The molecule has 0 radical (unpaired) electrons. The summed E-state index contributed by atoms with van der Waals surface area (Å²) < 4.78 is 320. The Kier molecular flexibility index (Phi) is 7.38. The van der Waals surface area contributed by atoms with Crippen LogP contribution in [0, 0.1) is 16.2 Å². The summed E-state index contributed by atoms with van der Waals surface area (Å²) >= 11 is 0. The predicted molar refractivity (Wildman–Crippen MR) is 82.2 cm³/mol. The number of ether oxygens (including phenoxy) is 2. The highest BCUT2D eigenvalue weighted by Gasteiger charge is 3.14. The molecule has 0 amide bonds. The van der Waals surface area contributed by atoms with Crippen molar-refractivity contribution in [1.82, 2.24) is 0 Å². The van der Waals surface area contributed by atoms with Crippen molar-refractivity contribution in [2.45, 2.75) is 80.5 Å². The van der Waals surface area contributed by atoms with Gasteiger partial charge in [0.05, 0.1) is 0 Å². The second kappa shape index (κ2) is 8.51. The predicted octanol–water partition coefficient (Wildman–Crippen LogP) is 8.17. The zero-order valence-corrected chi connectivity index (χ0v) is 19.0. The van der Waals surface area contributed by atoms with Crippen LogP contribution in [0.25, 0.3) is 0 Å². The monoisotopic (exact) mass is 664 g/mol. The summed E-state index contributed by atoms with van der Waals surface area (Å²) in [5.41, 5.74) is -30.2. The second-order valence-electron chi connectivity index (χ2n) is 9.23. The lowest BCUT2D eigenvalue weighted by Gasteiger charge is -2.72. The van der Waals surface area contributed by atoms with E-state index in [2.05, 4.69) is 0 Å². The smallest absolute Gasteiger partial charge is 0.251 e. The minimum Gasteiger partial charge on any atom is -0.251 e. The van der Waals surface area contributed by atoms with E-state index >= 15 is 43.9 Å². The van der Waals surface area contributed by atoms with Crippen molar-refractivity contribution in [3.63, 3.8) is 0 Å². The van der Waals surface area contributed by atoms with Gasteiger partial charge in [0.1, 0.15) is 12.1 Å². The molecule has 2 fully saturated rings. The standard InChI is InChI=1S/C17H10F22O2/c1-6(3-18)10(24,25)8(4(19)20)12(28,29)7(2,23)13(30,31)9(11(6,26)27,14(8,32)33)15(34,35)41-17(38,39)16(36,37)40-5(21)22/h4-5H,3H2,1-2H3. The van der Waals surface area contributed by atoms with Crippen molar-refractivity contribution < 1.29 is 106 Å². The third kappa shape index (κ3) is 3.18. The van der Waals surface area contributed by atoms with Crippen LogP contribution in [0.15, 0.2) is 0 Å². The van der Waals surface area contributed by atoms with Gasteiger partial charge in [0.15, 0.2) is 0 Å². The van der Waals surface area contributed by atoms with Crippen LogP contribution in [0.4, 0.5) is 96.6 Å². The van der Waals surface area contributed by atoms with Gasteiger partial charge in [-0.15, -0.1) is 0 Å². The Morgan fingerprint density at radius 2 is 1.00 bits per heavy atom. The van der Waals surface area contributed by atoms with Crippen molar-refractivity contribution in [3.8, 4) is 0 Å². The summed E-state index contributed by atoms with van der Waals surface area (Å²) in [7, 11) is 0. The van der Waals surface area contributed by atoms with Gasteiger partial charge in [0.2, 0.25) is 11.1 Å². The lowest BCUT2D eigenvalue weighted by molar-refractivity contribution is -0.614. The van der Waals surface area contributed by atoms with Gasteiger partial charge < -0.3 is 0 Å². The first-order valence-corrected chi connectivity index (χ1v) is 9.84. The first-order chi connectivity index (χ1) is 17.6. The molecule has 4 unspecified atom stereocenters. The quantitative estimate of drug-likeness (QED) is 0.244. The fraction of sp³-hybridized carbons (Fsp3) is 1.00. The Morgan fingerprint density at radius 1 is 0.585 bits per heavy atom. The average Bonchev–Trinajstić information content (AvgIpc) is 2.67. The Labute approximate surface area is 210 Å². The highest BCUT2D eigenvalue weighted by Crippen LogP contribution is 2.89. The molecule has 24 heteroatoms. The fourth-order valence-corrected chi connectivity index (χ4v) is 5.05. The van der Waals surface area contributed by atoms with Crippen LogP contribution in [0.5, 0.6) is 0 Å². The Balaban J connectivity index is 3.34. The highest BCUT2D eigenvalue weighted by molar-refractivity contribution is 5.42. The van der Waals surface area contributed by atoms with E-state index in [0.717, 1.165) is 0 Å². The summed E-state index contributed by atoms with van der Waals surface area (Å²) in [5, 5.41) is 0. The topological polar surface area (TPSA) is 18.5 Å². The van der Waals surface area contributed by atoms with Crippen molar-refractivity contribution in [1.29, 1.82) is 0 Å². The SMILES string of the molecule is CC1(F)C(F)(F)C2(C(F)F)C(F)(F)C(C)(CF)C(F)(F)C(C(F)(F)OC(F)(F)C(F)(F)OC(F)F)(C1(F)F)C2(F)F. The number of fused-ring (bicyclic) bond motifs is 2. The number of halogens is 22. The van der Waals surface area contributed by atoms with E-state index in [1.807, 2.05) is 0 Å². The van der Waals surface area contributed by atoms with E-state index in [4.69, 9.17) is 0 Å². The number of hydrogen-bond acceptors (Lipinski definition) is 2. The maximum atomic E-state index is 15.4. The molecular formula is C17H10F22O2. The summed E-state index contributed by atoms with van der Waals surface area (Å²) in [4.78, 5) is 0. The van der Waals surface area contributed by atoms with Crippen molar-refractivity contribution in [2.24, 2.45) is 16.2 Å². The first kappa shape index (κ1) is 35.6. The number of alkyl halides is 22. The van der Waals surface area contributed by atoms with Crippen molar-refractivity contribution in [2.75, 3.05) is 6.67 Å². The maximum absolute atomic E-state index is 15.4. The molecular weight excluding hydrogens is 654 g/mol. The highest BCUT2D eigenvalue weighted by atomic mass is 19.4. The van der Waals surface area contributed by atoms with Gasteiger partial charge in [0, 0.05) is 0 Å². The molecule has 0 spiro atoms. The minimum atomic E-state index is -8.73. The van der Waals surface area contributed by atoms with Crippen LogP contribution >= 0.6 is 0 Å².